The van der Waals surface area contributed by atoms with Gasteiger partial charge in [-0.2, -0.15) is 0 Å². The summed E-state index contributed by atoms with van der Waals surface area (Å²) < 4.78 is 10.8. The summed E-state index contributed by atoms with van der Waals surface area (Å²) in [4.78, 5) is 1.71. The van der Waals surface area contributed by atoms with Crippen LogP contribution in [-0.2, 0) is 0 Å². The second-order valence-corrected chi connectivity index (χ2v) is 5.15. The fourth-order valence-corrected chi connectivity index (χ4v) is 2.30. The Kier molecular flexibility index (Phi) is 8.88. The van der Waals surface area contributed by atoms with Crippen molar-refractivity contribution in [2.45, 2.75) is 39.5 Å². The zero-order valence-electron chi connectivity index (χ0n) is 13.3. The molecule has 0 aliphatic carbocycles. The molecule has 3 nitrogen and oxygen atoms in total. The molecule has 1 aromatic carbocycles. The third-order valence-corrected chi connectivity index (χ3v) is 3.75. The van der Waals surface area contributed by atoms with Gasteiger partial charge in [-0.05, 0) is 63.8 Å². The van der Waals surface area contributed by atoms with Crippen LogP contribution in [-0.4, -0.2) is 33.4 Å². The Bertz CT molecular complexity index is 333. The van der Waals surface area contributed by atoms with E-state index < -0.39 is 0 Å². The van der Waals surface area contributed by atoms with Crippen LogP contribution >= 0.6 is 0 Å². The number of hydrogen-bond acceptors (Lipinski definition) is 2. The van der Waals surface area contributed by atoms with Gasteiger partial charge in [-0.15, -0.1) is 0 Å². The maximum Gasteiger partial charge on any atom is 0.119 e. The van der Waals surface area contributed by atoms with Crippen molar-refractivity contribution in [2.75, 3.05) is 33.4 Å². The van der Waals surface area contributed by atoms with Crippen LogP contribution in [0, 0.1) is 0 Å². The molecule has 0 fully saturated rings. The summed E-state index contributed by atoms with van der Waals surface area (Å²) in [6, 6.07) is 7.79. The van der Waals surface area contributed by atoms with Crippen LogP contribution in [0.5, 0.6) is 11.5 Å². The fraction of sp³-hybridized carbons (Fsp3) is 0.647. The third-order valence-electron chi connectivity index (χ3n) is 3.75. The average molecular weight is 280 g/mol. The normalized spacial score (nSPS) is 10.8. The van der Waals surface area contributed by atoms with Crippen LogP contribution in [0.4, 0.5) is 0 Å². The zero-order valence-corrected chi connectivity index (χ0v) is 13.3. The maximum absolute atomic E-state index is 5.71. The van der Waals surface area contributed by atoms with Crippen molar-refractivity contribution in [1.82, 2.24) is 0 Å². The molecule has 0 aliphatic heterocycles. The Morgan fingerprint density at radius 3 is 2.05 bits per heavy atom. The first kappa shape index (κ1) is 16.8. The number of unbranched alkanes of at least 4 members (excludes halogenated alkanes) is 3. The second kappa shape index (κ2) is 10.6. The minimum Gasteiger partial charge on any atom is -0.497 e. The van der Waals surface area contributed by atoms with Crippen LogP contribution in [0.2, 0.25) is 0 Å². The highest BCUT2D eigenvalue weighted by molar-refractivity contribution is 5.31. The smallest absolute Gasteiger partial charge is 0.119 e. The monoisotopic (exact) mass is 280 g/mol. The fourth-order valence-electron chi connectivity index (χ4n) is 2.30. The highest BCUT2D eigenvalue weighted by Gasteiger charge is 2.01. The van der Waals surface area contributed by atoms with Gasteiger partial charge in [-0.3, -0.25) is 0 Å². The van der Waals surface area contributed by atoms with E-state index in [0.29, 0.717) is 0 Å². The van der Waals surface area contributed by atoms with E-state index in [4.69, 9.17) is 9.47 Å². The molecule has 3 heteroatoms. The molecule has 1 aromatic rings. The first-order valence-corrected chi connectivity index (χ1v) is 7.90. The lowest BCUT2D eigenvalue weighted by Gasteiger charge is -2.14. The molecule has 0 aliphatic rings. The van der Waals surface area contributed by atoms with Gasteiger partial charge >= 0.3 is 0 Å². The number of methoxy groups -OCH3 is 1. The Morgan fingerprint density at radius 2 is 1.45 bits per heavy atom. The van der Waals surface area contributed by atoms with E-state index in [1.165, 1.54) is 38.9 Å². The Hall–Kier alpha value is -1.22. The summed E-state index contributed by atoms with van der Waals surface area (Å²) >= 11 is 0. The average Bonchev–Trinajstić information content (AvgIpc) is 2.51. The van der Waals surface area contributed by atoms with Crippen molar-refractivity contribution in [3.8, 4) is 11.5 Å². The molecule has 0 atom stereocenters. The molecule has 0 bridgehead atoms. The Morgan fingerprint density at radius 1 is 0.850 bits per heavy atom. The largest absolute Gasteiger partial charge is 0.497 e. The van der Waals surface area contributed by atoms with Gasteiger partial charge in [0.25, 0.3) is 0 Å². The molecule has 0 spiro atoms. The first-order valence-electron chi connectivity index (χ1n) is 7.90. The molecule has 0 saturated heterocycles. The summed E-state index contributed by atoms with van der Waals surface area (Å²) in [7, 11) is 1.68. The highest BCUT2D eigenvalue weighted by Crippen LogP contribution is 2.17. The number of nitrogens with one attached hydrogen (secondary N) is 1. The molecule has 0 saturated carbocycles. The number of quaternary nitrogens is 1. The first-order chi connectivity index (χ1) is 9.80. The maximum atomic E-state index is 5.71. The highest BCUT2D eigenvalue weighted by atomic mass is 16.5. The number of ether oxygens (including phenoxy) is 2. The predicted octanol–water partition coefficient (Wildman–Crippen LogP) is 2.56. The molecule has 1 N–H and O–H groups in total. The number of benzene rings is 1. The van der Waals surface area contributed by atoms with Gasteiger partial charge in [-0.1, -0.05) is 0 Å². The Labute approximate surface area is 123 Å². The van der Waals surface area contributed by atoms with Gasteiger partial charge in [0.2, 0.25) is 0 Å². The van der Waals surface area contributed by atoms with Crippen molar-refractivity contribution < 1.29 is 14.4 Å². The van der Waals surface area contributed by atoms with Gasteiger partial charge in [0.15, 0.2) is 0 Å². The summed E-state index contributed by atoms with van der Waals surface area (Å²) in [6.07, 6.45) is 5.05. The summed E-state index contributed by atoms with van der Waals surface area (Å²) in [5.41, 5.74) is 0. The minimum atomic E-state index is 0.810. The van der Waals surface area contributed by atoms with E-state index in [1.54, 1.807) is 12.0 Å². The van der Waals surface area contributed by atoms with Crippen LogP contribution in [0.1, 0.15) is 39.5 Å². The molecular weight excluding hydrogens is 250 g/mol. The molecule has 0 heterocycles. The van der Waals surface area contributed by atoms with Gasteiger partial charge in [-0.25, -0.2) is 0 Å². The number of rotatable bonds is 11. The third kappa shape index (κ3) is 6.80. The molecule has 114 valence electrons. The van der Waals surface area contributed by atoms with Gasteiger partial charge in [0, 0.05) is 0 Å². The minimum absolute atomic E-state index is 0.810. The Balaban J connectivity index is 2.01. The lowest BCUT2D eigenvalue weighted by Crippen LogP contribution is -3.11. The lowest BCUT2D eigenvalue weighted by molar-refractivity contribution is -0.896. The summed E-state index contributed by atoms with van der Waals surface area (Å²) in [5, 5.41) is 0. The van der Waals surface area contributed by atoms with Crippen molar-refractivity contribution >= 4 is 0 Å². The van der Waals surface area contributed by atoms with E-state index in [0.717, 1.165) is 24.5 Å². The standard InChI is InChI=1S/C17H29NO2/c1-4-18(5-2)14-8-6-7-9-15-20-17-12-10-16(19-3)11-13-17/h10-13H,4-9,14-15H2,1-3H3/p+1. The molecule has 0 amide bonds. The van der Waals surface area contributed by atoms with E-state index in [2.05, 4.69) is 13.8 Å². The second-order valence-electron chi connectivity index (χ2n) is 5.15. The van der Waals surface area contributed by atoms with Crippen molar-refractivity contribution in [3.63, 3.8) is 0 Å². The van der Waals surface area contributed by atoms with Crippen LogP contribution in [0.3, 0.4) is 0 Å². The molecule has 0 unspecified atom stereocenters. The lowest BCUT2D eigenvalue weighted by atomic mass is 10.2. The van der Waals surface area contributed by atoms with Gasteiger partial charge < -0.3 is 14.4 Å². The van der Waals surface area contributed by atoms with Crippen LogP contribution in [0.25, 0.3) is 0 Å². The predicted molar refractivity (Wildman–Crippen MR) is 83.9 cm³/mol. The topological polar surface area (TPSA) is 22.9 Å². The zero-order chi connectivity index (χ0) is 14.6. The van der Waals surface area contributed by atoms with E-state index in [1.807, 2.05) is 24.3 Å². The van der Waals surface area contributed by atoms with E-state index in [-0.39, 0.29) is 0 Å². The van der Waals surface area contributed by atoms with Crippen molar-refractivity contribution in [3.05, 3.63) is 24.3 Å². The molecule has 0 aromatic heterocycles. The van der Waals surface area contributed by atoms with Gasteiger partial charge in [0.05, 0.1) is 33.4 Å². The quantitative estimate of drug-likeness (QED) is 0.630. The molecule has 1 rings (SSSR count). The SMILES string of the molecule is CC[NH+](CC)CCCCCCOc1ccc(OC)cc1. The van der Waals surface area contributed by atoms with Crippen molar-refractivity contribution in [1.29, 1.82) is 0 Å². The van der Waals surface area contributed by atoms with Crippen LogP contribution in [0.15, 0.2) is 24.3 Å². The molecule has 20 heavy (non-hydrogen) atoms. The summed E-state index contributed by atoms with van der Waals surface area (Å²) in [5.74, 6) is 1.80. The molecular formula is C17H30NO2+. The summed E-state index contributed by atoms with van der Waals surface area (Å²) in [6.45, 7) is 9.15. The van der Waals surface area contributed by atoms with Crippen molar-refractivity contribution in [2.24, 2.45) is 0 Å². The van der Waals surface area contributed by atoms with E-state index in [9.17, 15) is 0 Å². The number of hydrogen-bond donors (Lipinski definition) is 1. The van der Waals surface area contributed by atoms with Gasteiger partial charge in [0.1, 0.15) is 11.5 Å². The van der Waals surface area contributed by atoms with E-state index >= 15 is 0 Å². The van der Waals surface area contributed by atoms with Crippen LogP contribution < -0.4 is 14.4 Å². The molecule has 0 radical (unpaired) electrons.